The Labute approximate surface area is 210 Å². The minimum atomic E-state index is -0.524. The number of anilines is 1. The van der Waals surface area contributed by atoms with Gasteiger partial charge in [0.2, 0.25) is 5.91 Å². The maximum absolute atomic E-state index is 13.7. The van der Waals surface area contributed by atoms with Crippen molar-refractivity contribution in [2.75, 3.05) is 24.3 Å². The second kappa shape index (κ2) is 13.3. The van der Waals surface area contributed by atoms with Crippen LogP contribution in [0.15, 0.2) is 84.9 Å². The topological polar surface area (TPSA) is 72.9 Å². The normalized spacial score (nSPS) is 11.4. The van der Waals surface area contributed by atoms with Crippen LogP contribution in [-0.2, 0) is 25.5 Å². The van der Waals surface area contributed by atoms with E-state index in [4.69, 9.17) is 9.47 Å². The number of ether oxygens (including phenoxy) is 2. The van der Waals surface area contributed by atoms with Crippen molar-refractivity contribution in [3.63, 3.8) is 0 Å². The Kier molecular flexibility index (Phi) is 9.93. The van der Waals surface area contributed by atoms with Crippen LogP contribution in [0.3, 0.4) is 0 Å². The first-order valence-corrected chi connectivity index (χ1v) is 12.3. The third-order valence-electron chi connectivity index (χ3n) is 5.37. The van der Waals surface area contributed by atoms with E-state index in [0.29, 0.717) is 35.8 Å². The fraction of sp³-hybridized carbons (Fsp3) is 0.250. The summed E-state index contributed by atoms with van der Waals surface area (Å²) in [4.78, 5) is 38.9. The Morgan fingerprint density at radius 2 is 1.46 bits per heavy atom. The van der Waals surface area contributed by atoms with Gasteiger partial charge in [-0.05, 0) is 54.8 Å². The average Bonchev–Trinajstić information content (AvgIpc) is 2.88. The van der Waals surface area contributed by atoms with E-state index in [9.17, 15) is 14.4 Å². The zero-order valence-electron chi connectivity index (χ0n) is 19.9. The van der Waals surface area contributed by atoms with Crippen LogP contribution in [0.4, 0.5) is 5.69 Å². The molecule has 6 nitrogen and oxygen atoms in total. The Hall–Kier alpha value is -3.58. The van der Waals surface area contributed by atoms with Crippen molar-refractivity contribution in [2.45, 2.75) is 19.8 Å². The third kappa shape index (κ3) is 8.30. The summed E-state index contributed by atoms with van der Waals surface area (Å²) in [6.07, 6.45) is 1.24. The molecule has 0 bridgehead atoms. The lowest BCUT2D eigenvalue weighted by atomic mass is 9.99. The molecule has 3 rings (SSSR count). The highest BCUT2D eigenvalue weighted by atomic mass is 32.2. The van der Waals surface area contributed by atoms with Gasteiger partial charge in [0.05, 0.1) is 7.11 Å². The molecule has 0 aromatic heterocycles. The lowest BCUT2D eigenvalue weighted by Gasteiger charge is -2.27. The number of methoxy groups -OCH3 is 1. The van der Waals surface area contributed by atoms with Crippen molar-refractivity contribution in [2.24, 2.45) is 5.92 Å². The van der Waals surface area contributed by atoms with E-state index in [-0.39, 0.29) is 17.6 Å². The quantitative estimate of drug-likeness (QED) is 0.329. The maximum Gasteiger partial charge on any atom is 0.325 e. The molecule has 0 aliphatic heterocycles. The van der Waals surface area contributed by atoms with Crippen LogP contribution in [0.2, 0.25) is 0 Å². The third-order valence-corrected chi connectivity index (χ3v) is 6.35. The van der Waals surface area contributed by atoms with Crippen molar-refractivity contribution in [3.05, 3.63) is 90.5 Å². The van der Waals surface area contributed by atoms with Gasteiger partial charge in [0.1, 0.15) is 18.0 Å². The molecule has 0 radical (unpaired) electrons. The van der Waals surface area contributed by atoms with Crippen molar-refractivity contribution in [1.29, 1.82) is 0 Å². The van der Waals surface area contributed by atoms with Gasteiger partial charge in [-0.3, -0.25) is 14.4 Å². The number of rotatable bonds is 11. The summed E-state index contributed by atoms with van der Waals surface area (Å²) in [7, 11) is 1.29. The lowest BCUT2D eigenvalue weighted by molar-refractivity contribution is -0.140. The second-order valence-corrected chi connectivity index (χ2v) is 9.13. The van der Waals surface area contributed by atoms with Crippen LogP contribution in [0.25, 0.3) is 0 Å². The van der Waals surface area contributed by atoms with E-state index in [2.05, 4.69) is 0 Å². The summed E-state index contributed by atoms with van der Waals surface area (Å²) < 4.78 is 10.7. The number of hydrogen-bond donors (Lipinski definition) is 0. The summed E-state index contributed by atoms with van der Waals surface area (Å²) in [6.45, 7) is 1.27. The highest BCUT2D eigenvalue weighted by molar-refractivity contribution is 8.13. The predicted octanol–water partition coefficient (Wildman–Crippen LogP) is 5.51. The highest BCUT2D eigenvalue weighted by Crippen LogP contribution is 2.27. The van der Waals surface area contributed by atoms with Crippen LogP contribution in [0.1, 0.15) is 18.9 Å². The molecule has 0 saturated heterocycles. The second-order valence-electron chi connectivity index (χ2n) is 7.93. The predicted molar refractivity (Wildman–Crippen MR) is 139 cm³/mol. The number of aryl methyl sites for hydroxylation is 1. The van der Waals surface area contributed by atoms with Crippen molar-refractivity contribution in [1.82, 2.24) is 0 Å². The first-order valence-electron chi connectivity index (χ1n) is 11.3. The van der Waals surface area contributed by atoms with E-state index < -0.39 is 11.9 Å². The Bertz CT molecular complexity index is 1100. The van der Waals surface area contributed by atoms with Gasteiger partial charge in [-0.25, -0.2) is 0 Å². The van der Waals surface area contributed by atoms with Crippen molar-refractivity contribution in [3.8, 4) is 11.5 Å². The summed E-state index contributed by atoms with van der Waals surface area (Å²) in [5.41, 5.74) is 1.67. The van der Waals surface area contributed by atoms with E-state index >= 15 is 0 Å². The molecule has 3 aromatic rings. The number of hydrogen-bond acceptors (Lipinski definition) is 6. The molecule has 0 aliphatic carbocycles. The number of carbonyl (C=O) groups is 3. The molecule has 3 aromatic carbocycles. The van der Waals surface area contributed by atoms with Gasteiger partial charge in [0.15, 0.2) is 5.12 Å². The largest absolute Gasteiger partial charge is 0.468 e. The van der Waals surface area contributed by atoms with E-state index in [0.717, 1.165) is 17.3 Å². The van der Waals surface area contributed by atoms with Crippen molar-refractivity contribution >= 4 is 34.4 Å². The first kappa shape index (κ1) is 26.0. The number of carbonyl (C=O) groups excluding carboxylic acids is 3. The SMILES string of the molecule is COC(=O)CN(C(=O)C(CCc1ccccc1)CSC(C)=O)c1ccc(Oc2ccccc2)cc1. The standard InChI is InChI=1S/C28H29NO5S/c1-21(30)35-20-23(14-13-22-9-5-3-6-10-22)28(32)29(19-27(31)33-2)24-15-17-26(18-16-24)34-25-11-7-4-8-12-25/h3-12,15-18,23H,13-14,19-20H2,1-2H3. The molecule has 0 spiro atoms. The summed E-state index contributed by atoms with van der Waals surface area (Å²) in [5, 5.41) is -0.0514. The molecule has 7 heteroatoms. The molecule has 1 atom stereocenters. The molecular formula is C28H29NO5S. The number of amides is 1. The maximum atomic E-state index is 13.7. The van der Waals surface area contributed by atoms with E-state index in [1.807, 2.05) is 60.7 Å². The van der Waals surface area contributed by atoms with Gasteiger partial charge >= 0.3 is 5.97 Å². The lowest BCUT2D eigenvalue weighted by Crippen LogP contribution is -2.41. The summed E-state index contributed by atoms with van der Waals surface area (Å²) in [5.74, 6) is 0.450. The van der Waals surface area contributed by atoms with E-state index in [1.54, 1.807) is 24.3 Å². The molecule has 182 valence electrons. The Morgan fingerprint density at radius 1 is 0.857 bits per heavy atom. The highest BCUT2D eigenvalue weighted by Gasteiger charge is 2.28. The van der Waals surface area contributed by atoms with Gasteiger partial charge in [0.25, 0.3) is 0 Å². The van der Waals surface area contributed by atoms with Crippen LogP contribution in [0, 0.1) is 5.92 Å². The van der Waals surface area contributed by atoms with Gasteiger partial charge in [-0.1, -0.05) is 60.3 Å². The zero-order chi connectivity index (χ0) is 25.0. The molecule has 0 fully saturated rings. The van der Waals surface area contributed by atoms with Gasteiger partial charge in [-0.2, -0.15) is 0 Å². The molecular weight excluding hydrogens is 462 g/mol. The monoisotopic (exact) mass is 491 g/mol. The number of nitrogens with zero attached hydrogens (tertiary/aromatic N) is 1. The number of benzene rings is 3. The molecule has 0 saturated carbocycles. The number of thioether (sulfide) groups is 1. The number of esters is 1. The fourth-order valence-electron chi connectivity index (χ4n) is 3.51. The molecule has 35 heavy (non-hydrogen) atoms. The minimum Gasteiger partial charge on any atom is -0.468 e. The summed E-state index contributed by atoms with van der Waals surface area (Å²) in [6, 6.07) is 26.3. The van der Waals surface area contributed by atoms with Crippen LogP contribution >= 0.6 is 11.8 Å². The summed E-state index contributed by atoms with van der Waals surface area (Å²) >= 11 is 1.12. The van der Waals surface area contributed by atoms with Crippen LogP contribution < -0.4 is 9.64 Å². The van der Waals surface area contributed by atoms with Crippen molar-refractivity contribution < 1.29 is 23.9 Å². The first-order chi connectivity index (χ1) is 17.0. The zero-order valence-corrected chi connectivity index (χ0v) is 20.7. The van der Waals surface area contributed by atoms with Crippen LogP contribution in [0.5, 0.6) is 11.5 Å². The number of para-hydroxylation sites is 1. The van der Waals surface area contributed by atoms with Gasteiger partial charge in [0, 0.05) is 24.3 Å². The average molecular weight is 492 g/mol. The van der Waals surface area contributed by atoms with Gasteiger partial charge in [-0.15, -0.1) is 0 Å². The molecule has 0 N–H and O–H groups in total. The Morgan fingerprint density at radius 3 is 2.06 bits per heavy atom. The van der Waals surface area contributed by atoms with Gasteiger partial charge < -0.3 is 14.4 Å². The minimum absolute atomic E-state index is 0.0514. The Balaban J connectivity index is 1.80. The van der Waals surface area contributed by atoms with E-state index in [1.165, 1.54) is 18.9 Å². The molecule has 0 aliphatic rings. The molecule has 0 heterocycles. The molecule has 1 amide bonds. The smallest absolute Gasteiger partial charge is 0.325 e. The molecule has 1 unspecified atom stereocenters. The van der Waals surface area contributed by atoms with Crippen LogP contribution in [-0.4, -0.2) is 36.4 Å². The fourth-order valence-corrected chi connectivity index (χ4v) is 4.26.